The number of aromatic nitrogens is 4. The third-order valence-electron chi connectivity index (χ3n) is 4.42. The average Bonchev–Trinajstić information content (AvgIpc) is 2.96. The first-order valence-electron chi connectivity index (χ1n) is 7.01. The fraction of sp³-hybridized carbons (Fsp3) is 0.615. The Bertz CT molecular complexity index is 657. The molecule has 0 amide bonds. The van der Waals surface area contributed by atoms with Gasteiger partial charge in [-0.15, -0.1) is 0 Å². The van der Waals surface area contributed by atoms with Crippen LogP contribution in [0.25, 0.3) is 11.2 Å². The van der Waals surface area contributed by atoms with E-state index in [4.69, 9.17) is 16.2 Å². The number of imidazole rings is 1. The molecule has 8 heteroatoms. The molecule has 2 aromatic rings. The number of hydrogen-bond donors (Lipinski definition) is 3. The molecule has 8 nitrogen and oxygen atoms in total. The summed E-state index contributed by atoms with van der Waals surface area (Å²) < 4.78 is 7.79. The molecule has 2 aromatic heterocycles. The first-order valence-corrected chi connectivity index (χ1v) is 7.01. The maximum absolute atomic E-state index is 9.34. The zero-order chi connectivity index (χ0) is 15.1. The van der Waals surface area contributed by atoms with Gasteiger partial charge in [-0.3, -0.25) is 0 Å². The summed E-state index contributed by atoms with van der Waals surface area (Å²) in [4.78, 5) is 12.3. The van der Waals surface area contributed by atoms with Gasteiger partial charge in [-0.2, -0.15) is 9.97 Å². The van der Waals surface area contributed by atoms with Crippen LogP contribution in [0.2, 0.25) is 0 Å². The Morgan fingerprint density at radius 2 is 1.95 bits per heavy atom. The van der Waals surface area contributed by atoms with Crippen LogP contribution in [0.4, 0.5) is 11.8 Å². The number of nitrogens with two attached hydrogens (primary N) is 2. The summed E-state index contributed by atoms with van der Waals surface area (Å²) in [5.41, 5.74) is 12.6. The van der Waals surface area contributed by atoms with Gasteiger partial charge in [0, 0.05) is 0 Å². The van der Waals surface area contributed by atoms with Gasteiger partial charge in [-0.25, -0.2) is 4.98 Å². The predicted molar refractivity (Wildman–Crippen MR) is 78.2 cm³/mol. The molecule has 1 fully saturated rings. The molecule has 5 N–H and O–H groups in total. The number of hydrogen-bond acceptors (Lipinski definition) is 7. The molecule has 0 unspecified atom stereocenters. The molecule has 0 aromatic carbocycles. The molecule has 0 radical (unpaired) electrons. The van der Waals surface area contributed by atoms with E-state index < -0.39 is 0 Å². The Kier molecular flexibility index (Phi) is 3.42. The van der Waals surface area contributed by atoms with Gasteiger partial charge in [0.05, 0.1) is 31.7 Å². The molecule has 1 aliphatic heterocycles. The van der Waals surface area contributed by atoms with Crippen LogP contribution < -0.4 is 11.5 Å². The van der Waals surface area contributed by atoms with Crippen LogP contribution in [-0.4, -0.2) is 43.4 Å². The van der Waals surface area contributed by atoms with Crippen molar-refractivity contribution >= 4 is 22.9 Å². The van der Waals surface area contributed by atoms with Gasteiger partial charge < -0.3 is 25.9 Å². The molecule has 3 heterocycles. The van der Waals surface area contributed by atoms with Crippen LogP contribution in [0.15, 0.2) is 6.33 Å². The van der Waals surface area contributed by atoms with E-state index in [1.54, 1.807) is 6.33 Å². The van der Waals surface area contributed by atoms with Crippen molar-refractivity contribution < 1.29 is 9.84 Å². The number of ether oxygens (including phenoxy) is 1. The number of fused-ring (bicyclic) bond motifs is 1. The van der Waals surface area contributed by atoms with Crippen LogP contribution in [0.3, 0.4) is 0 Å². The summed E-state index contributed by atoms with van der Waals surface area (Å²) in [6.45, 7) is 4.85. The molecule has 0 saturated carbocycles. The maximum atomic E-state index is 9.34. The van der Waals surface area contributed by atoms with Crippen molar-refractivity contribution in [3.05, 3.63) is 6.33 Å². The lowest BCUT2D eigenvalue weighted by Gasteiger charge is -2.16. The van der Waals surface area contributed by atoms with Gasteiger partial charge in [0.15, 0.2) is 11.5 Å². The van der Waals surface area contributed by atoms with Gasteiger partial charge in [-0.05, 0) is 11.8 Å². The van der Waals surface area contributed by atoms with Gasteiger partial charge in [0.25, 0.3) is 0 Å². The van der Waals surface area contributed by atoms with Crippen LogP contribution >= 0.6 is 0 Å². The molecule has 0 spiro atoms. The summed E-state index contributed by atoms with van der Waals surface area (Å²) in [5, 5.41) is 9.34. The zero-order valence-electron chi connectivity index (χ0n) is 12.1. The molecule has 1 saturated heterocycles. The fourth-order valence-corrected chi connectivity index (χ4v) is 2.88. The largest absolute Gasteiger partial charge is 0.394 e. The second-order valence-corrected chi connectivity index (χ2v) is 5.65. The molecule has 21 heavy (non-hydrogen) atoms. The first-order chi connectivity index (χ1) is 10.0. The highest BCUT2D eigenvalue weighted by Gasteiger charge is 2.38. The lowest BCUT2D eigenvalue weighted by atomic mass is 9.90. The molecule has 4 atom stereocenters. The second-order valence-electron chi connectivity index (χ2n) is 5.65. The molecule has 3 rings (SSSR count). The smallest absolute Gasteiger partial charge is 0.224 e. The van der Waals surface area contributed by atoms with Crippen molar-refractivity contribution in [1.82, 2.24) is 19.5 Å². The third kappa shape index (κ3) is 2.30. The van der Waals surface area contributed by atoms with Crippen molar-refractivity contribution in [2.24, 2.45) is 11.8 Å². The Labute approximate surface area is 122 Å². The topological polar surface area (TPSA) is 125 Å². The minimum Gasteiger partial charge on any atom is -0.394 e. The van der Waals surface area contributed by atoms with Gasteiger partial charge in [0.1, 0.15) is 5.52 Å². The highest BCUT2D eigenvalue weighted by atomic mass is 16.5. The fourth-order valence-electron chi connectivity index (χ4n) is 2.88. The van der Waals surface area contributed by atoms with Crippen molar-refractivity contribution in [2.45, 2.75) is 32.6 Å². The predicted octanol–water partition coefficient (Wildman–Crippen LogP) is 0.0226. The normalized spacial score (nSPS) is 29.3. The number of rotatable bonds is 3. The van der Waals surface area contributed by atoms with E-state index in [1.165, 1.54) is 0 Å². The third-order valence-corrected chi connectivity index (χ3v) is 4.42. The number of nitrogen functional groups attached to an aromatic ring is 2. The summed E-state index contributed by atoms with van der Waals surface area (Å²) in [7, 11) is 0. The highest BCUT2D eigenvalue weighted by Crippen LogP contribution is 2.33. The Morgan fingerprint density at radius 1 is 1.24 bits per heavy atom. The monoisotopic (exact) mass is 292 g/mol. The molecule has 0 bridgehead atoms. The minimum absolute atomic E-state index is 0.00744. The molecule has 0 aliphatic carbocycles. The zero-order valence-corrected chi connectivity index (χ0v) is 12.1. The van der Waals surface area contributed by atoms with E-state index in [9.17, 15) is 5.11 Å². The van der Waals surface area contributed by atoms with Crippen LogP contribution in [-0.2, 0) is 11.3 Å². The molecular weight excluding hydrogens is 272 g/mol. The van der Waals surface area contributed by atoms with Gasteiger partial charge >= 0.3 is 0 Å². The van der Waals surface area contributed by atoms with Gasteiger partial charge in [0.2, 0.25) is 5.95 Å². The molecule has 1 aliphatic rings. The summed E-state index contributed by atoms with van der Waals surface area (Å²) in [6.07, 6.45) is 1.54. The van der Waals surface area contributed by atoms with E-state index in [0.717, 1.165) is 0 Å². The van der Waals surface area contributed by atoms with Gasteiger partial charge in [-0.1, -0.05) is 13.8 Å². The molecular formula is C13H20N6O2. The Morgan fingerprint density at radius 3 is 2.62 bits per heavy atom. The maximum Gasteiger partial charge on any atom is 0.224 e. The average molecular weight is 292 g/mol. The first kappa shape index (κ1) is 14.0. The second kappa shape index (κ2) is 5.12. The number of nitrogens with zero attached hydrogens (tertiary/aromatic N) is 4. The van der Waals surface area contributed by atoms with Crippen LogP contribution in [0.1, 0.15) is 13.8 Å². The summed E-state index contributed by atoms with van der Waals surface area (Å²) >= 11 is 0. The van der Waals surface area contributed by atoms with Crippen LogP contribution in [0, 0.1) is 11.8 Å². The number of aliphatic hydroxyl groups excluding tert-OH is 1. The SMILES string of the molecule is C[C@H]1[C@H](C)[C@@H](CO)O[C@H]1Cn1cnc2c(N)nc(N)nc21. The van der Waals surface area contributed by atoms with E-state index in [2.05, 4.69) is 28.8 Å². The lowest BCUT2D eigenvalue weighted by Crippen LogP contribution is -2.22. The summed E-state index contributed by atoms with van der Waals surface area (Å²) in [5.74, 6) is 1.04. The standard InChI is InChI=1S/C13H20N6O2/c1-6-7(2)9(4-20)21-8(6)3-19-5-16-10-11(14)17-13(15)18-12(10)19/h5-9,20H,3-4H2,1-2H3,(H4,14,15,17,18)/t6-,7-,8-,9+/m0/s1. The molecule has 114 valence electrons. The number of aliphatic hydroxyl groups is 1. The quantitative estimate of drug-likeness (QED) is 0.728. The van der Waals surface area contributed by atoms with Crippen molar-refractivity contribution in [1.29, 1.82) is 0 Å². The Hall–Kier alpha value is -1.93. The van der Waals surface area contributed by atoms with E-state index >= 15 is 0 Å². The Balaban J connectivity index is 1.89. The highest BCUT2D eigenvalue weighted by molar-refractivity contribution is 5.82. The van der Waals surface area contributed by atoms with Crippen molar-refractivity contribution in [2.75, 3.05) is 18.1 Å². The van der Waals surface area contributed by atoms with Crippen molar-refractivity contribution in [3.8, 4) is 0 Å². The van der Waals surface area contributed by atoms with E-state index in [-0.39, 0.29) is 30.6 Å². The number of anilines is 2. The minimum atomic E-state index is -0.121. The summed E-state index contributed by atoms with van der Waals surface area (Å²) in [6, 6.07) is 0. The van der Waals surface area contributed by atoms with E-state index in [0.29, 0.717) is 29.5 Å². The van der Waals surface area contributed by atoms with E-state index in [1.807, 2.05) is 4.57 Å². The van der Waals surface area contributed by atoms with Crippen LogP contribution in [0.5, 0.6) is 0 Å². The van der Waals surface area contributed by atoms with Crippen molar-refractivity contribution in [3.63, 3.8) is 0 Å². The lowest BCUT2D eigenvalue weighted by molar-refractivity contribution is -0.00732.